The predicted molar refractivity (Wildman–Crippen MR) is 85.3 cm³/mol. The smallest absolute Gasteiger partial charge is 0.391 e. The van der Waals surface area contributed by atoms with Gasteiger partial charge in [-0.2, -0.15) is 13.2 Å². The minimum atomic E-state index is -4.27. The molecular formula is C16H20F3NO3S. The first kappa shape index (κ1) is 18.8. The molecule has 4 nitrogen and oxygen atoms in total. The van der Waals surface area contributed by atoms with E-state index in [1.165, 1.54) is 18.4 Å². The van der Waals surface area contributed by atoms with E-state index in [9.17, 15) is 22.8 Å². The highest BCUT2D eigenvalue weighted by Gasteiger charge is 2.43. The minimum Gasteiger partial charge on any atom is -0.465 e. The maximum absolute atomic E-state index is 12.9. The number of carbonyl (C=O) groups excluding carboxylic acids is 2. The van der Waals surface area contributed by atoms with Gasteiger partial charge in [-0.3, -0.25) is 4.79 Å². The quantitative estimate of drug-likeness (QED) is 0.807. The molecule has 1 N–H and O–H groups in total. The molecule has 134 valence electrons. The van der Waals surface area contributed by atoms with E-state index in [4.69, 9.17) is 4.74 Å². The van der Waals surface area contributed by atoms with Gasteiger partial charge >= 0.3 is 12.1 Å². The third-order valence-corrected chi connectivity index (χ3v) is 5.64. The van der Waals surface area contributed by atoms with Gasteiger partial charge in [-0.1, -0.05) is 6.42 Å². The van der Waals surface area contributed by atoms with Gasteiger partial charge in [-0.05, 0) is 38.7 Å². The molecule has 0 saturated heterocycles. The highest BCUT2D eigenvalue weighted by molar-refractivity contribution is 7.16. The first-order valence-corrected chi connectivity index (χ1v) is 8.52. The molecule has 2 atom stereocenters. The van der Waals surface area contributed by atoms with Crippen LogP contribution in [0.25, 0.3) is 0 Å². The number of amides is 1. The molecule has 1 heterocycles. The Balaban J connectivity index is 2.15. The highest BCUT2D eigenvalue weighted by Crippen LogP contribution is 2.41. The molecule has 1 aliphatic rings. The van der Waals surface area contributed by atoms with Gasteiger partial charge in [-0.25, -0.2) is 4.79 Å². The lowest BCUT2D eigenvalue weighted by atomic mass is 9.80. The van der Waals surface area contributed by atoms with Gasteiger partial charge < -0.3 is 10.1 Å². The maximum atomic E-state index is 12.9. The number of halogens is 3. The summed E-state index contributed by atoms with van der Waals surface area (Å²) in [6.45, 7) is 3.55. The Hall–Kier alpha value is -1.57. The Kier molecular flexibility index (Phi) is 5.57. The van der Waals surface area contributed by atoms with Crippen LogP contribution in [-0.4, -0.2) is 25.2 Å². The number of anilines is 1. The van der Waals surface area contributed by atoms with Crippen molar-refractivity contribution in [2.45, 2.75) is 45.7 Å². The van der Waals surface area contributed by atoms with Gasteiger partial charge in [0.1, 0.15) is 5.00 Å². The molecule has 1 aromatic heterocycles. The number of thiophene rings is 1. The Morgan fingerprint density at radius 2 is 1.92 bits per heavy atom. The molecule has 0 radical (unpaired) electrons. The fourth-order valence-electron chi connectivity index (χ4n) is 3.00. The van der Waals surface area contributed by atoms with E-state index in [2.05, 4.69) is 5.32 Å². The van der Waals surface area contributed by atoms with Crippen molar-refractivity contribution in [1.29, 1.82) is 0 Å². The number of alkyl halides is 3. The van der Waals surface area contributed by atoms with Crippen molar-refractivity contribution in [1.82, 2.24) is 0 Å². The summed E-state index contributed by atoms with van der Waals surface area (Å²) in [4.78, 5) is 25.1. The summed E-state index contributed by atoms with van der Waals surface area (Å²) in [5.74, 6) is -3.16. The Bertz CT molecular complexity index is 639. The summed E-state index contributed by atoms with van der Waals surface area (Å²) in [5.41, 5.74) is 0.982. The van der Waals surface area contributed by atoms with E-state index in [-0.39, 0.29) is 18.4 Å². The van der Waals surface area contributed by atoms with Gasteiger partial charge in [0.15, 0.2) is 0 Å². The Morgan fingerprint density at radius 1 is 1.25 bits per heavy atom. The lowest BCUT2D eigenvalue weighted by Crippen LogP contribution is -2.34. The topological polar surface area (TPSA) is 55.4 Å². The average Bonchev–Trinajstić information content (AvgIpc) is 2.80. The number of ether oxygens (including phenoxy) is 1. The van der Waals surface area contributed by atoms with Gasteiger partial charge in [-0.15, -0.1) is 11.3 Å². The first-order chi connectivity index (χ1) is 11.1. The van der Waals surface area contributed by atoms with Crippen molar-refractivity contribution in [2.75, 3.05) is 12.4 Å². The van der Waals surface area contributed by atoms with Gasteiger partial charge in [0.25, 0.3) is 0 Å². The first-order valence-electron chi connectivity index (χ1n) is 7.71. The van der Waals surface area contributed by atoms with Crippen LogP contribution in [0.3, 0.4) is 0 Å². The molecule has 0 spiro atoms. The van der Waals surface area contributed by atoms with Crippen LogP contribution in [0.2, 0.25) is 0 Å². The molecule has 0 unspecified atom stereocenters. The normalized spacial score (nSPS) is 21.4. The van der Waals surface area contributed by atoms with Crippen LogP contribution < -0.4 is 5.32 Å². The molecule has 1 aliphatic carbocycles. The van der Waals surface area contributed by atoms with Gasteiger partial charge in [0.2, 0.25) is 5.91 Å². The maximum Gasteiger partial charge on any atom is 0.391 e. The third kappa shape index (κ3) is 3.91. The van der Waals surface area contributed by atoms with Gasteiger partial charge in [0.05, 0.1) is 18.6 Å². The molecule has 1 fully saturated rings. The number of hydrogen-bond acceptors (Lipinski definition) is 4. The van der Waals surface area contributed by atoms with Crippen LogP contribution in [0.4, 0.5) is 18.2 Å². The SMILES string of the molecule is COC(=O)c1c(NC(=O)[C@H]2CCC[C@@H](C(F)(F)F)C2)sc(C)c1C. The van der Waals surface area contributed by atoms with E-state index in [0.717, 1.165) is 4.88 Å². The van der Waals surface area contributed by atoms with E-state index in [0.29, 0.717) is 23.4 Å². The summed E-state index contributed by atoms with van der Waals surface area (Å²) in [6.07, 6.45) is -3.61. The lowest BCUT2D eigenvalue weighted by Gasteiger charge is -2.29. The van der Waals surface area contributed by atoms with Crippen LogP contribution in [0, 0.1) is 25.7 Å². The zero-order valence-corrected chi connectivity index (χ0v) is 14.6. The van der Waals surface area contributed by atoms with E-state index >= 15 is 0 Å². The van der Waals surface area contributed by atoms with Crippen molar-refractivity contribution in [3.8, 4) is 0 Å². The minimum absolute atomic E-state index is 0.0674. The molecular weight excluding hydrogens is 343 g/mol. The van der Waals surface area contributed by atoms with Crippen molar-refractivity contribution < 1.29 is 27.5 Å². The fraction of sp³-hybridized carbons (Fsp3) is 0.625. The zero-order chi connectivity index (χ0) is 18.1. The van der Waals surface area contributed by atoms with Crippen LogP contribution in [0.5, 0.6) is 0 Å². The van der Waals surface area contributed by atoms with Crippen molar-refractivity contribution in [3.63, 3.8) is 0 Å². The molecule has 24 heavy (non-hydrogen) atoms. The fourth-order valence-corrected chi connectivity index (χ4v) is 4.05. The van der Waals surface area contributed by atoms with Crippen molar-refractivity contribution in [2.24, 2.45) is 11.8 Å². The summed E-state index contributed by atoms with van der Waals surface area (Å²) >= 11 is 1.23. The Labute approximate surface area is 142 Å². The number of esters is 1. The molecule has 1 amide bonds. The Morgan fingerprint density at radius 3 is 2.50 bits per heavy atom. The number of carbonyl (C=O) groups is 2. The molecule has 2 rings (SSSR count). The molecule has 0 bridgehead atoms. The predicted octanol–water partition coefficient (Wildman–Crippen LogP) is 4.46. The molecule has 1 saturated carbocycles. The molecule has 1 aromatic rings. The summed E-state index contributed by atoms with van der Waals surface area (Å²) in [5, 5.41) is 2.98. The van der Waals surface area contributed by atoms with Crippen LogP contribution in [0.1, 0.15) is 46.5 Å². The van der Waals surface area contributed by atoms with E-state index < -0.39 is 29.9 Å². The molecule has 0 aliphatic heterocycles. The molecule has 8 heteroatoms. The monoisotopic (exact) mass is 363 g/mol. The summed E-state index contributed by atoms with van der Waals surface area (Å²) < 4.78 is 43.4. The van der Waals surface area contributed by atoms with E-state index in [1.807, 2.05) is 6.92 Å². The van der Waals surface area contributed by atoms with Crippen molar-refractivity contribution in [3.05, 3.63) is 16.0 Å². The number of rotatable bonds is 3. The molecule has 0 aromatic carbocycles. The second-order valence-corrected chi connectivity index (χ2v) is 7.30. The number of aryl methyl sites for hydroxylation is 1. The second-order valence-electron chi connectivity index (χ2n) is 6.07. The van der Waals surface area contributed by atoms with Crippen LogP contribution in [-0.2, 0) is 9.53 Å². The largest absolute Gasteiger partial charge is 0.465 e. The highest BCUT2D eigenvalue weighted by atomic mass is 32.1. The average molecular weight is 363 g/mol. The van der Waals surface area contributed by atoms with Gasteiger partial charge in [0, 0.05) is 10.8 Å². The van der Waals surface area contributed by atoms with Crippen molar-refractivity contribution >= 4 is 28.2 Å². The van der Waals surface area contributed by atoms with Crippen LogP contribution in [0.15, 0.2) is 0 Å². The summed E-state index contributed by atoms with van der Waals surface area (Å²) in [7, 11) is 1.25. The number of methoxy groups -OCH3 is 1. The summed E-state index contributed by atoms with van der Waals surface area (Å²) in [6, 6.07) is 0. The number of hydrogen-bond donors (Lipinski definition) is 1. The van der Waals surface area contributed by atoms with Crippen LogP contribution >= 0.6 is 11.3 Å². The standard InChI is InChI=1S/C16H20F3NO3S/c1-8-9(2)24-14(12(8)15(22)23-3)20-13(21)10-5-4-6-11(7-10)16(17,18)19/h10-11H,4-7H2,1-3H3,(H,20,21)/t10-,11+/m0/s1. The number of nitrogens with one attached hydrogen (secondary N) is 1. The second kappa shape index (κ2) is 7.13. The zero-order valence-electron chi connectivity index (χ0n) is 13.8. The van der Waals surface area contributed by atoms with E-state index in [1.54, 1.807) is 6.92 Å². The lowest BCUT2D eigenvalue weighted by molar-refractivity contribution is -0.185. The third-order valence-electron chi connectivity index (χ3n) is 4.52.